The number of nitrogens with zero attached hydrogens (tertiary/aromatic N) is 1. The number of rotatable bonds is 1. The van der Waals surface area contributed by atoms with Gasteiger partial charge in [0, 0.05) is 20.2 Å². The molecule has 3 nitrogen and oxygen atoms in total. The highest BCUT2D eigenvalue weighted by Crippen LogP contribution is 2.12. The molecular weight excluding hydrogens is 152 g/mol. The Kier molecular flexibility index (Phi) is 4.90. The fourth-order valence-electron chi connectivity index (χ4n) is 1.43. The van der Waals surface area contributed by atoms with Gasteiger partial charge in [-0.25, -0.2) is 0 Å². The first kappa shape index (κ1) is 11.4. The predicted octanol–water partition coefficient (Wildman–Crippen LogP) is 1.73. The standard InChI is InChI=1S/C8H16N2O.CH4/c1-7(9)10-5-3-8(11-2)4-6-10;/h8-9H,3-6H2,1-2H3;1H4. The molecule has 1 saturated heterocycles. The van der Waals surface area contributed by atoms with Gasteiger partial charge in [0.1, 0.15) is 0 Å². The summed E-state index contributed by atoms with van der Waals surface area (Å²) in [5.74, 6) is 0.680. The van der Waals surface area contributed by atoms with Crippen LogP contribution in [0.2, 0.25) is 0 Å². The molecule has 3 heteroatoms. The van der Waals surface area contributed by atoms with Gasteiger partial charge >= 0.3 is 0 Å². The van der Waals surface area contributed by atoms with Crippen molar-refractivity contribution in [1.82, 2.24) is 4.90 Å². The summed E-state index contributed by atoms with van der Waals surface area (Å²) in [5, 5.41) is 7.40. The first-order chi connectivity index (χ1) is 5.24. The largest absolute Gasteiger partial charge is 0.381 e. The summed E-state index contributed by atoms with van der Waals surface area (Å²) in [6, 6.07) is 0. The lowest BCUT2D eigenvalue weighted by atomic mass is 10.1. The van der Waals surface area contributed by atoms with Crippen molar-refractivity contribution in [2.45, 2.75) is 33.3 Å². The fraction of sp³-hybridized carbons (Fsp3) is 0.889. The van der Waals surface area contributed by atoms with Gasteiger partial charge in [-0.1, -0.05) is 7.43 Å². The second kappa shape index (κ2) is 5.14. The lowest BCUT2D eigenvalue weighted by molar-refractivity contribution is 0.0576. The highest BCUT2D eigenvalue weighted by Gasteiger charge is 2.18. The van der Waals surface area contributed by atoms with E-state index >= 15 is 0 Å². The van der Waals surface area contributed by atoms with Gasteiger partial charge in [0.05, 0.1) is 11.9 Å². The molecule has 1 fully saturated rings. The molecular formula is C9H20N2O. The first-order valence-corrected chi connectivity index (χ1v) is 4.07. The van der Waals surface area contributed by atoms with Crippen molar-refractivity contribution in [1.29, 1.82) is 5.41 Å². The minimum Gasteiger partial charge on any atom is -0.381 e. The molecule has 72 valence electrons. The number of piperidine rings is 1. The summed E-state index contributed by atoms with van der Waals surface area (Å²) >= 11 is 0. The Hall–Kier alpha value is -0.570. The first-order valence-electron chi connectivity index (χ1n) is 4.07. The number of hydrogen-bond donors (Lipinski definition) is 1. The van der Waals surface area contributed by atoms with Crippen LogP contribution in [0.1, 0.15) is 27.2 Å². The van der Waals surface area contributed by atoms with Crippen molar-refractivity contribution >= 4 is 5.84 Å². The molecule has 1 aliphatic rings. The highest BCUT2D eigenvalue weighted by atomic mass is 16.5. The van der Waals surface area contributed by atoms with Crippen molar-refractivity contribution in [3.8, 4) is 0 Å². The van der Waals surface area contributed by atoms with Crippen LogP contribution in [-0.2, 0) is 4.74 Å². The topological polar surface area (TPSA) is 36.3 Å². The third-order valence-electron chi connectivity index (χ3n) is 2.25. The lowest BCUT2D eigenvalue weighted by Crippen LogP contribution is -2.39. The van der Waals surface area contributed by atoms with Crippen LogP contribution in [0.15, 0.2) is 0 Å². The zero-order valence-corrected chi connectivity index (χ0v) is 7.26. The number of likely N-dealkylation sites (tertiary alicyclic amines) is 1. The van der Waals surface area contributed by atoms with E-state index in [4.69, 9.17) is 10.1 Å². The number of ether oxygens (including phenoxy) is 1. The van der Waals surface area contributed by atoms with Gasteiger partial charge in [-0.05, 0) is 19.8 Å². The third-order valence-corrected chi connectivity index (χ3v) is 2.25. The summed E-state index contributed by atoms with van der Waals surface area (Å²) in [6.07, 6.45) is 2.55. The van der Waals surface area contributed by atoms with Gasteiger partial charge in [-0.15, -0.1) is 0 Å². The van der Waals surface area contributed by atoms with E-state index in [1.165, 1.54) is 0 Å². The Bertz CT molecular complexity index is 139. The van der Waals surface area contributed by atoms with Crippen LogP contribution in [0.4, 0.5) is 0 Å². The van der Waals surface area contributed by atoms with E-state index in [1.54, 1.807) is 7.11 Å². The van der Waals surface area contributed by atoms with Gasteiger partial charge < -0.3 is 9.64 Å². The zero-order valence-electron chi connectivity index (χ0n) is 7.26. The maximum atomic E-state index is 7.40. The number of methoxy groups -OCH3 is 1. The maximum Gasteiger partial charge on any atom is 0.0925 e. The van der Waals surface area contributed by atoms with Crippen molar-refractivity contribution in [2.75, 3.05) is 20.2 Å². The predicted molar refractivity (Wildman–Crippen MR) is 51.7 cm³/mol. The summed E-state index contributed by atoms with van der Waals surface area (Å²) in [4.78, 5) is 2.09. The Morgan fingerprint density at radius 3 is 2.25 bits per heavy atom. The maximum absolute atomic E-state index is 7.40. The molecule has 0 atom stereocenters. The molecule has 0 bridgehead atoms. The smallest absolute Gasteiger partial charge is 0.0925 e. The normalized spacial score (nSPS) is 18.7. The van der Waals surface area contributed by atoms with Crippen molar-refractivity contribution < 1.29 is 4.74 Å². The van der Waals surface area contributed by atoms with E-state index in [-0.39, 0.29) is 7.43 Å². The van der Waals surface area contributed by atoms with Gasteiger partial charge in [0.15, 0.2) is 0 Å². The molecule has 1 N–H and O–H groups in total. The molecule has 0 aromatic carbocycles. The minimum absolute atomic E-state index is 0. The van der Waals surface area contributed by atoms with E-state index in [2.05, 4.69) is 4.90 Å². The van der Waals surface area contributed by atoms with E-state index in [0.29, 0.717) is 11.9 Å². The minimum atomic E-state index is 0. The van der Waals surface area contributed by atoms with Crippen molar-refractivity contribution in [2.24, 2.45) is 0 Å². The molecule has 0 amide bonds. The molecule has 1 rings (SSSR count). The molecule has 12 heavy (non-hydrogen) atoms. The average Bonchev–Trinajstić information content (AvgIpc) is 2.05. The number of hydrogen-bond acceptors (Lipinski definition) is 2. The van der Waals surface area contributed by atoms with Gasteiger partial charge in [0.2, 0.25) is 0 Å². The lowest BCUT2D eigenvalue weighted by Gasteiger charge is -2.31. The van der Waals surface area contributed by atoms with Crippen molar-refractivity contribution in [3.63, 3.8) is 0 Å². The number of nitrogens with one attached hydrogen (secondary N) is 1. The fourth-order valence-corrected chi connectivity index (χ4v) is 1.43. The molecule has 0 aromatic rings. The molecule has 0 aromatic heterocycles. The van der Waals surface area contributed by atoms with Crippen LogP contribution in [0.5, 0.6) is 0 Å². The van der Waals surface area contributed by atoms with Gasteiger partial charge in [-0.3, -0.25) is 5.41 Å². The highest BCUT2D eigenvalue weighted by molar-refractivity contribution is 5.76. The SMILES string of the molecule is C.COC1CCN(C(C)=N)CC1. The molecule has 0 radical (unpaired) electrons. The van der Waals surface area contributed by atoms with Crippen LogP contribution < -0.4 is 0 Å². The Labute approximate surface area is 75.2 Å². The monoisotopic (exact) mass is 172 g/mol. The molecule has 0 aliphatic carbocycles. The van der Waals surface area contributed by atoms with Crippen molar-refractivity contribution in [3.05, 3.63) is 0 Å². The molecule has 0 saturated carbocycles. The third kappa shape index (κ3) is 2.81. The Morgan fingerprint density at radius 1 is 1.42 bits per heavy atom. The van der Waals surface area contributed by atoms with Crippen LogP contribution in [0, 0.1) is 5.41 Å². The summed E-state index contributed by atoms with van der Waals surface area (Å²) in [6.45, 7) is 3.80. The zero-order chi connectivity index (χ0) is 8.27. The van der Waals surface area contributed by atoms with Crippen LogP contribution in [0.25, 0.3) is 0 Å². The molecule has 1 heterocycles. The Balaban J connectivity index is 0.00000121. The molecule has 0 spiro atoms. The van der Waals surface area contributed by atoms with E-state index in [1.807, 2.05) is 6.92 Å². The van der Waals surface area contributed by atoms with E-state index in [0.717, 1.165) is 25.9 Å². The number of amidine groups is 1. The van der Waals surface area contributed by atoms with Crippen LogP contribution >= 0.6 is 0 Å². The molecule has 0 unspecified atom stereocenters. The summed E-state index contributed by atoms with van der Waals surface area (Å²) in [7, 11) is 1.76. The Morgan fingerprint density at radius 2 is 1.92 bits per heavy atom. The van der Waals surface area contributed by atoms with Gasteiger partial charge in [-0.2, -0.15) is 0 Å². The quantitative estimate of drug-likeness (QED) is 0.483. The average molecular weight is 172 g/mol. The molecule has 1 aliphatic heterocycles. The second-order valence-corrected chi connectivity index (χ2v) is 3.01. The van der Waals surface area contributed by atoms with E-state index in [9.17, 15) is 0 Å². The van der Waals surface area contributed by atoms with Gasteiger partial charge in [0.25, 0.3) is 0 Å². The summed E-state index contributed by atoms with van der Waals surface area (Å²) in [5.41, 5.74) is 0. The second-order valence-electron chi connectivity index (χ2n) is 3.01. The van der Waals surface area contributed by atoms with E-state index < -0.39 is 0 Å². The van der Waals surface area contributed by atoms with Crippen LogP contribution in [0.3, 0.4) is 0 Å². The van der Waals surface area contributed by atoms with Crippen LogP contribution in [-0.4, -0.2) is 37.0 Å². The summed E-state index contributed by atoms with van der Waals surface area (Å²) < 4.78 is 5.22.